The lowest BCUT2D eigenvalue weighted by Gasteiger charge is -2.67. The zero-order chi connectivity index (χ0) is 43.6. The average Bonchev–Trinajstić information content (AvgIpc) is 3.18. The number of benzene rings is 2. The molecule has 14 nitrogen and oxygen atoms in total. The van der Waals surface area contributed by atoms with E-state index in [4.69, 9.17) is 18.9 Å². The number of hydrogen-bond acceptors (Lipinski definition) is 13. The van der Waals surface area contributed by atoms with Crippen molar-refractivity contribution < 1.29 is 63.3 Å². The molecule has 59 heavy (non-hydrogen) atoms. The van der Waals surface area contributed by atoms with Crippen molar-refractivity contribution in [3.8, 4) is 0 Å². The Morgan fingerprint density at radius 1 is 1.00 bits per heavy atom. The maximum atomic E-state index is 15.0. The van der Waals surface area contributed by atoms with Crippen molar-refractivity contribution >= 4 is 61.5 Å². The highest BCUT2D eigenvalue weighted by molar-refractivity contribution is 9.12. The summed E-state index contributed by atoms with van der Waals surface area (Å²) < 4.78 is 23.0. The molecule has 0 spiro atoms. The van der Waals surface area contributed by atoms with Gasteiger partial charge in [0.15, 0.2) is 17.5 Å². The predicted octanol–water partition coefficient (Wildman–Crippen LogP) is 3.79. The first-order chi connectivity index (χ1) is 27.5. The molecule has 1 heterocycles. The van der Waals surface area contributed by atoms with Crippen LogP contribution in [0.3, 0.4) is 0 Å². The molecule has 2 bridgehead atoms. The summed E-state index contributed by atoms with van der Waals surface area (Å²) in [6.45, 7) is 10.2. The van der Waals surface area contributed by atoms with E-state index in [2.05, 4.69) is 37.2 Å². The Balaban J connectivity index is 1.49. The van der Waals surface area contributed by atoms with Crippen molar-refractivity contribution in [1.82, 2.24) is 5.32 Å². The number of nitrogens with one attached hydrogen (secondary N) is 1. The van der Waals surface area contributed by atoms with Crippen molar-refractivity contribution in [2.24, 2.45) is 16.7 Å². The molecule has 1 unspecified atom stereocenters. The number of alkyl halides is 2. The minimum absolute atomic E-state index is 0.0565. The molecule has 320 valence electrons. The van der Waals surface area contributed by atoms with Gasteiger partial charge in [0, 0.05) is 30.0 Å². The molecular weight excluding hydrogens is 898 g/mol. The van der Waals surface area contributed by atoms with Crippen LogP contribution < -0.4 is 5.32 Å². The number of amides is 1. The van der Waals surface area contributed by atoms with Crippen LogP contribution in [-0.4, -0.2) is 114 Å². The Morgan fingerprint density at radius 3 is 2.14 bits per heavy atom. The topological polar surface area (TPSA) is 215 Å². The Bertz CT molecular complexity index is 2020. The van der Waals surface area contributed by atoms with Gasteiger partial charge < -0.3 is 44.7 Å². The number of carbonyl (C=O) groups is 5. The molecule has 5 N–H and O–H groups in total. The fourth-order valence-corrected chi connectivity index (χ4v) is 9.91. The van der Waals surface area contributed by atoms with E-state index in [1.54, 1.807) is 76.2 Å². The summed E-state index contributed by atoms with van der Waals surface area (Å²) in [5.41, 5.74) is -7.15. The Kier molecular flexibility index (Phi) is 12.3. The minimum Gasteiger partial charge on any atom is -0.456 e. The number of hydrogen-bond donors (Lipinski definition) is 5. The normalized spacial score (nSPS) is 34.8. The molecule has 3 fully saturated rings. The van der Waals surface area contributed by atoms with E-state index in [1.165, 1.54) is 26.0 Å². The lowest BCUT2D eigenvalue weighted by molar-refractivity contribution is -0.346. The largest absolute Gasteiger partial charge is 0.456 e. The molecule has 13 atom stereocenters. The van der Waals surface area contributed by atoms with Gasteiger partial charge in [0.2, 0.25) is 5.91 Å². The van der Waals surface area contributed by atoms with E-state index in [9.17, 15) is 44.4 Å². The summed E-state index contributed by atoms with van der Waals surface area (Å²) in [5.74, 6) is -5.88. The molecule has 6 rings (SSSR count). The van der Waals surface area contributed by atoms with Gasteiger partial charge in [-0.2, -0.15) is 0 Å². The van der Waals surface area contributed by atoms with Crippen LogP contribution in [0, 0.1) is 16.7 Å². The van der Waals surface area contributed by atoms with E-state index >= 15 is 0 Å². The van der Waals surface area contributed by atoms with E-state index in [0.29, 0.717) is 5.56 Å². The number of ketones is 1. The van der Waals surface area contributed by atoms with Crippen LogP contribution in [0.15, 0.2) is 71.8 Å². The van der Waals surface area contributed by atoms with Crippen molar-refractivity contribution in [2.45, 2.75) is 124 Å². The van der Waals surface area contributed by atoms with Crippen LogP contribution in [-0.2, 0) is 38.1 Å². The van der Waals surface area contributed by atoms with Gasteiger partial charge in [0.1, 0.15) is 34.3 Å². The van der Waals surface area contributed by atoms with Crippen molar-refractivity contribution in [3.05, 3.63) is 82.9 Å². The van der Waals surface area contributed by atoms with E-state index in [0.717, 1.165) is 6.92 Å². The standard InChI is InChI=1S/C43H51Br2NO13/c1-21-26(57-37(53)32(50)30(24-14-10-8-11-15-24)46-38(54)41(7,45)22(2)44)19-43(55)35(58-36(52)25-16-12-9-13-17-25)33-40(6,34(51)31(49)29(21)39(43,4)5)27(48)18-28-42(33,20-56-28)59-23(3)47/h8-17,22,26-28,30-33,35,48-50,55H,18-20H2,1-7H3,(H,46,54)/t22-,26-,27+,28+,30-,31+,32+,33?,35-,40+,41-,42-,43+/m0/s1. The number of fused-ring (bicyclic) bond motifs is 5. The maximum absolute atomic E-state index is 15.0. The van der Waals surface area contributed by atoms with Gasteiger partial charge in [0.25, 0.3) is 0 Å². The summed E-state index contributed by atoms with van der Waals surface area (Å²) in [6, 6.07) is 14.8. The monoisotopic (exact) mass is 947 g/mol. The fraction of sp³-hybridized carbons (Fsp3) is 0.558. The highest BCUT2D eigenvalue weighted by Gasteiger charge is 2.78. The summed E-state index contributed by atoms with van der Waals surface area (Å²) in [7, 11) is 0. The first-order valence-corrected chi connectivity index (χ1v) is 21.2. The average molecular weight is 950 g/mol. The number of aliphatic hydroxyl groups excluding tert-OH is 3. The number of halogens is 2. The van der Waals surface area contributed by atoms with Crippen molar-refractivity contribution in [1.29, 1.82) is 0 Å². The third-order valence-corrected chi connectivity index (χ3v) is 15.9. The summed E-state index contributed by atoms with van der Waals surface area (Å²) in [4.78, 5) is 69.3. The van der Waals surface area contributed by atoms with Gasteiger partial charge in [-0.25, -0.2) is 9.59 Å². The molecule has 0 radical (unpaired) electrons. The van der Waals surface area contributed by atoms with Crippen LogP contribution in [0.1, 0.15) is 83.3 Å². The van der Waals surface area contributed by atoms with Gasteiger partial charge in [-0.3, -0.25) is 14.4 Å². The van der Waals surface area contributed by atoms with Crippen LogP contribution >= 0.6 is 31.9 Å². The van der Waals surface area contributed by atoms with Crippen LogP contribution in [0.5, 0.6) is 0 Å². The number of aliphatic hydroxyl groups is 4. The number of Topliss-reactive ketones (excluding diaryl/α,β-unsaturated/α-hetero) is 1. The SMILES string of the molecule is CC(=O)O[C@@]12CO[C@@H]1C[C@@H](O)[C@@]1(C)C(=O)[C@H](O)C3=C(C)[C@@H](OC(=O)[C@H](O)[C@@H](NC(=O)[C@@](C)(Br)[C@H](C)Br)c4ccccc4)C[C@@](O)([C@@H](OC(=O)c4ccccc4)C12)C3(C)C. The third-order valence-electron chi connectivity index (χ3n) is 13.4. The molecule has 1 aliphatic heterocycles. The lowest BCUT2D eigenvalue weighted by Crippen LogP contribution is -2.81. The molecule has 3 aliphatic carbocycles. The van der Waals surface area contributed by atoms with Gasteiger partial charge in [0.05, 0.1) is 35.6 Å². The Labute approximate surface area is 359 Å². The van der Waals surface area contributed by atoms with Gasteiger partial charge in [-0.15, -0.1) is 0 Å². The lowest BCUT2D eigenvalue weighted by atomic mass is 9.44. The minimum atomic E-state index is -2.35. The van der Waals surface area contributed by atoms with E-state index < -0.39 is 111 Å². The van der Waals surface area contributed by atoms with Crippen molar-refractivity contribution in [2.75, 3.05) is 6.61 Å². The Morgan fingerprint density at radius 2 is 1.59 bits per heavy atom. The van der Waals surface area contributed by atoms with Gasteiger partial charge in [-0.1, -0.05) is 101 Å². The van der Waals surface area contributed by atoms with Crippen molar-refractivity contribution in [3.63, 3.8) is 0 Å². The third kappa shape index (κ3) is 7.29. The molecule has 4 aliphatic rings. The van der Waals surface area contributed by atoms with Crippen LogP contribution in [0.25, 0.3) is 0 Å². The molecule has 2 saturated carbocycles. The highest BCUT2D eigenvalue weighted by Crippen LogP contribution is 2.64. The van der Waals surface area contributed by atoms with Crippen LogP contribution in [0.4, 0.5) is 0 Å². The Hall–Kier alpha value is -3.51. The van der Waals surface area contributed by atoms with Crippen LogP contribution in [0.2, 0.25) is 0 Å². The van der Waals surface area contributed by atoms with Gasteiger partial charge >= 0.3 is 17.9 Å². The summed E-state index contributed by atoms with van der Waals surface area (Å²) in [6.07, 6.45) is -10.5. The molecule has 2 aromatic rings. The molecule has 1 saturated heterocycles. The second-order valence-electron chi connectivity index (χ2n) is 17.1. The second kappa shape index (κ2) is 16.1. The second-order valence-corrected chi connectivity index (χ2v) is 20.1. The fourth-order valence-electron chi connectivity index (χ4n) is 9.59. The number of carbonyl (C=O) groups excluding carboxylic acids is 5. The number of rotatable bonds is 10. The van der Waals surface area contributed by atoms with E-state index in [1.807, 2.05) is 0 Å². The van der Waals surface area contributed by atoms with Gasteiger partial charge in [-0.05, 0) is 49.6 Å². The molecule has 0 aromatic heterocycles. The molecule has 16 heteroatoms. The first-order valence-electron chi connectivity index (χ1n) is 19.4. The maximum Gasteiger partial charge on any atom is 0.338 e. The quantitative estimate of drug-likeness (QED) is 0.0994. The molecular formula is C43H51Br2NO13. The van der Waals surface area contributed by atoms with E-state index in [-0.39, 0.29) is 34.6 Å². The smallest absolute Gasteiger partial charge is 0.338 e. The summed E-state index contributed by atoms with van der Waals surface area (Å²) in [5, 5.41) is 52.0. The number of esters is 3. The zero-order valence-corrected chi connectivity index (χ0v) is 37.0. The molecule has 2 aromatic carbocycles. The summed E-state index contributed by atoms with van der Waals surface area (Å²) >= 11 is 6.84. The zero-order valence-electron chi connectivity index (χ0n) is 33.8. The predicted molar refractivity (Wildman–Crippen MR) is 218 cm³/mol. The number of ether oxygens (including phenoxy) is 4. The molecule has 1 amide bonds. The highest BCUT2D eigenvalue weighted by atomic mass is 79.9. The first kappa shape index (κ1) is 45.0.